The van der Waals surface area contributed by atoms with Gasteiger partial charge in [-0.05, 0) is 12.1 Å². The maximum atomic E-state index is 12.1. The van der Waals surface area contributed by atoms with Crippen LogP contribution in [0.5, 0.6) is 0 Å². The normalized spacial score (nSPS) is 20.2. The standard InChI is InChI=1S/C11H17N3O2S3/c1-12-11-3-2-10(7-13-11)19(15,16)14-6-9-8-17-4-5-18-9/h2-3,7,9,14H,4-6,8H2,1H3,(H,12,13). The molecule has 2 N–H and O–H groups in total. The number of thioether (sulfide) groups is 2. The molecule has 1 unspecified atom stereocenters. The minimum absolute atomic E-state index is 0.208. The molecule has 0 amide bonds. The first-order valence-electron chi connectivity index (χ1n) is 5.94. The van der Waals surface area contributed by atoms with Crippen LogP contribution in [-0.2, 0) is 10.0 Å². The fourth-order valence-electron chi connectivity index (χ4n) is 1.63. The van der Waals surface area contributed by atoms with Crippen LogP contribution < -0.4 is 10.0 Å². The first kappa shape index (κ1) is 15.0. The molecule has 0 radical (unpaired) electrons. The van der Waals surface area contributed by atoms with E-state index in [0.29, 0.717) is 17.6 Å². The van der Waals surface area contributed by atoms with Gasteiger partial charge in [-0.1, -0.05) is 0 Å². The average Bonchev–Trinajstić information content (AvgIpc) is 2.46. The largest absolute Gasteiger partial charge is 0.373 e. The number of rotatable bonds is 5. The van der Waals surface area contributed by atoms with Gasteiger partial charge in [-0.2, -0.15) is 23.5 Å². The van der Waals surface area contributed by atoms with Gasteiger partial charge in [-0.3, -0.25) is 0 Å². The minimum atomic E-state index is -3.45. The third-order valence-corrected chi connectivity index (χ3v) is 6.94. The van der Waals surface area contributed by atoms with Crippen molar-refractivity contribution in [1.29, 1.82) is 0 Å². The van der Waals surface area contributed by atoms with Gasteiger partial charge in [0.05, 0.1) is 0 Å². The summed E-state index contributed by atoms with van der Waals surface area (Å²) < 4.78 is 26.8. The smallest absolute Gasteiger partial charge is 0.242 e. The van der Waals surface area contributed by atoms with Crippen LogP contribution in [0.2, 0.25) is 0 Å². The summed E-state index contributed by atoms with van der Waals surface area (Å²) in [5.74, 6) is 3.90. The van der Waals surface area contributed by atoms with Gasteiger partial charge in [0, 0.05) is 42.3 Å². The van der Waals surface area contributed by atoms with Crippen LogP contribution in [0.3, 0.4) is 0 Å². The topological polar surface area (TPSA) is 71.1 Å². The van der Waals surface area contributed by atoms with E-state index in [9.17, 15) is 8.42 Å². The first-order chi connectivity index (χ1) is 9.12. The van der Waals surface area contributed by atoms with Crippen molar-refractivity contribution < 1.29 is 8.42 Å². The maximum Gasteiger partial charge on any atom is 0.242 e. The highest BCUT2D eigenvalue weighted by Crippen LogP contribution is 2.23. The van der Waals surface area contributed by atoms with Gasteiger partial charge in [0.15, 0.2) is 0 Å². The van der Waals surface area contributed by atoms with Crippen molar-refractivity contribution in [3.05, 3.63) is 18.3 Å². The van der Waals surface area contributed by atoms with E-state index in [1.807, 2.05) is 23.5 Å². The molecule has 1 saturated heterocycles. The maximum absolute atomic E-state index is 12.1. The lowest BCUT2D eigenvalue weighted by Gasteiger charge is -2.21. The number of nitrogens with zero attached hydrogens (tertiary/aromatic N) is 1. The fraction of sp³-hybridized carbons (Fsp3) is 0.545. The molecule has 5 nitrogen and oxygen atoms in total. The Morgan fingerprint density at radius 3 is 2.84 bits per heavy atom. The Balaban J connectivity index is 1.96. The summed E-state index contributed by atoms with van der Waals surface area (Å²) in [4.78, 5) is 4.23. The highest BCUT2D eigenvalue weighted by molar-refractivity contribution is 8.06. The number of nitrogens with one attached hydrogen (secondary N) is 2. The molecule has 2 rings (SSSR count). The van der Waals surface area contributed by atoms with Gasteiger partial charge < -0.3 is 5.32 Å². The lowest BCUT2D eigenvalue weighted by atomic mass is 10.5. The zero-order chi connectivity index (χ0) is 13.7. The van der Waals surface area contributed by atoms with Gasteiger partial charge in [0.2, 0.25) is 10.0 Å². The van der Waals surface area contributed by atoms with Crippen molar-refractivity contribution in [2.75, 3.05) is 36.2 Å². The van der Waals surface area contributed by atoms with Crippen molar-refractivity contribution in [2.24, 2.45) is 0 Å². The third kappa shape index (κ3) is 4.27. The fourth-order valence-corrected chi connectivity index (χ4v) is 5.37. The van der Waals surface area contributed by atoms with Gasteiger partial charge in [-0.15, -0.1) is 0 Å². The molecule has 0 spiro atoms. The number of pyridine rings is 1. The number of aromatic nitrogens is 1. The molecule has 1 aromatic heterocycles. The summed E-state index contributed by atoms with van der Waals surface area (Å²) in [6.45, 7) is 0.480. The monoisotopic (exact) mass is 319 g/mol. The molecule has 0 bridgehead atoms. The van der Waals surface area contributed by atoms with Crippen molar-refractivity contribution in [3.63, 3.8) is 0 Å². The van der Waals surface area contributed by atoms with E-state index in [2.05, 4.69) is 15.0 Å². The Morgan fingerprint density at radius 1 is 1.42 bits per heavy atom. The molecular weight excluding hydrogens is 302 g/mol. The van der Waals surface area contributed by atoms with Crippen LogP contribution in [0.15, 0.2) is 23.2 Å². The van der Waals surface area contributed by atoms with E-state index in [1.165, 1.54) is 6.20 Å². The van der Waals surface area contributed by atoms with Gasteiger partial charge in [-0.25, -0.2) is 18.1 Å². The molecule has 1 fully saturated rings. The zero-order valence-corrected chi connectivity index (χ0v) is 13.1. The number of sulfonamides is 1. The number of anilines is 1. The van der Waals surface area contributed by atoms with Gasteiger partial charge >= 0.3 is 0 Å². The first-order valence-corrected chi connectivity index (χ1v) is 9.63. The SMILES string of the molecule is CNc1ccc(S(=O)(=O)NCC2CSCCS2)cn1. The third-order valence-electron chi connectivity index (χ3n) is 2.69. The molecular formula is C11H17N3O2S3. The Morgan fingerprint density at radius 2 is 2.26 bits per heavy atom. The number of hydrogen-bond donors (Lipinski definition) is 2. The highest BCUT2D eigenvalue weighted by Gasteiger charge is 2.19. The molecule has 8 heteroatoms. The zero-order valence-electron chi connectivity index (χ0n) is 10.6. The second-order valence-electron chi connectivity index (χ2n) is 4.05. The molecule has 1 atom stereocenters. The molecule has 0 aliphatic carbocycles. The van der Waals surface area contributed by atoms with Crippen LogP contribution in [-0.4, -0.2) is 49.5 Å². The minimum Gasteiger partial charge on any atom is -0.373 e. The summed E-state index contributed by atoms with van der Waals surface area (Å²) in [6, 6.07) is 3.21. The summed E-state index contributed by atoms with van der Waals surface area (Å²) in [5, 5.41) is 3.22. The summed E-state index contributed by atoms with van der Waals surface area (Å²) in [6.07, 6.45) is 1.37. The molecule has 106 valence electrons. The van der Waals surface area contributed by atoms with Crippen LogP contribution in [0.4, 0.5) is 5.82 Å². The lowest BCUT2D eigenvalue weighted by Crippen LogP contribution is -2.33. The van der Waals surface area contributed by atoms with Crippen molar-refractivity contribution >= 4 is 39.4 Å². The summed E-state index contributed by atoms with van der Waals surface area (Å²) in [5.41, 5.74) is 0. The molecule has 1 aliphatic rings. The molecule has 0 aromatic carbocycles. The summed E-state index contributed by atoms with van der Waals surface area (Å²) >= 11 is 3.71. The van der Waals surface area contributed by atoms with Crippen LogP contribution in [0.25, 0.3) is 0 Å². The van der Waals surface area contributed by atoms with Crippen LogP contribution in [0.1, 0.15) is 0 Å². The summed E-state index contributed by atoms with van der Waals surface area (Å²) in [7, 11) is -1.70. The molecule has 1 aromatic rings. The van der Waals surface area contributed by atoms with E-state index in [1.54, 1.807) is 19.2 Å². The number of hydrogen-bond acceptors (Lipinski definition) is 6. The van der Waals surface area contributed by atoms with Crippen LogP contribution >= 0.6 is 23.5 Å². The quantitative estimate of drug-likeness (QED) is 0.851. The molecule has 19 heavy (non-hydrogen) atoms. The Labute approximate surface area is 122 Å². The Hall–Kier alpha value is -0.440. The molecule has 2 heterocycles. The van der Waals surface area contributed by atoms with E-state index < -0.39 is 10.0 Å². The van der Waals surface area contributed by atoms with E-state index in [0.717, 1.165) is 17.3 Å². The second-order valence-corrected chi connectivity index (χ2v) is 8.37. The highest BCUT2D eigenvalue weighted by atomic mass is 32.2. The van der Waals surface area contributed by atoms with E-state index in [4.69, 9.17) is 0 Å². The Kier molecular flexibility index (Phi) is 5.37. The second kappa shape index (κ2) is 6.83. The van der Waals surface area contributed by atoms with Gasteiger partial charge in [0.25, 0.3) is 0 Å². The van der Waals surface area contributed by atoms with Crippen molar-refractivity contribution in [3.8, 4) is 0 Å². The van der Waals surface area contributed by atoms with Gasteiger partial charge in [0.1, 0.15) is 10.7 Å². The lowest BCUT2D eigenvalue weighted by molar-refractivity contribution is 0.581. The predicted octanol–water partition coefficient (Wildman–Crippen LogP) is 1.25. The Bertz CT molecular complexity index is 498. The van der Waals surface area contributed by atoms with Crippen molar-refractivity contribution in [1.82, 2.24) is 9.71 Å². The van der Waals surface area contributed by atoms with E-state index in [-0.39, 0.29) is 4.90 Å². The molecule has 1 aliphatic heterocycles. The van der Waals surface area contributed by atoms with Crippen LogP contribution in [0, 0.1) is 0 Å². The van der Waals surface area contributed by atoms with Crippen molar-refractivity contribution in [2.45, 2.75) is 10.1 Å². The predicted molar refractivity (Wildman–Crippen MR) is 82.5 cm³/mol. The van der Waals surface area contributed by atoms with E-state index >= 15 is 0 Å². The molecule has 0 saturated carbocycles. The average molecular weight is 319 g/mol.